The van der Waals surface area contributed by atoms with Crippen LogP contribution in [0.5, 0.6) is 0 Å². The van der Waals surface area contributed by atoms with E-state index in [0.29, 0.717) is 22.8 Å². The zero-order chi connectivity index (χ0) is 16.9. The van der Waals surface area contributed by atoms with Crippen LogP contribution in [0.1, 0.15) is 15.9 Å². The number of para-hydroxylation sites is 1. The first-order valence-electron chi connectivity index (χ1n) is 7.47. The Balaban J connectivity index is 1.68. The van der Waals surface area contributed by atoms with Crippen molar-refractivity contribution in [1.82, 2.24) is 4.98 Å². The number of anilines is 3. The lowest BCUT2D eigenvalue weighted by Crippen LogP contribution is -2.12. The second-order valence-electron chi connectivity index (χ2n) is 5.36. The van der Waals surface area contributed by atoms with Crippen LogP contribution in [0.3, 0.4) is 0 Å². The van der Waals surface area contributed by atoms with Gasteiger partial charge < -0.3 is 10.6 Å². The minimum absolute atomic E-state index is 0.199. The highest BCUT2D eigenvalue weighted by Crippen LogP contribution is 2.19. The van der Waals surface area contributed by atoms with Gasteiger partial charge >= 0.3 is 0 Å². The van der Waals surface area contributed by atoms with Crippen LogP contribution in [0.4, 0.5) is 21.6 Å². The van der Waals surface area contributed by atoms with Gasteiger partial charge in [0.2, 0.25) is 0 Å². The predicted octanol–water partition coefficient (Wildman–Crippen LogP) is 4.53. The molecule has 1 aromatic heterocycles. The van der Waals surface area contributed by atoms with Gasteiger partial charge in [-0.1, -0.05) is 29.8 Å². The predicted molar refractivity (Wildman–Crippen MR) is 93.1 cm³/mol. The standard InChI is InChI=1S/C19H16FN3O/c1-13-5-4-6-14(11-13)19(24)22-15-9-10-18(21-12-15)23-17-8-3-2-7-16(17)20/h2-12H,1H3,(H,21,23)(H,22,24). The summed E-state index contributed by atoms with van der Waals surface area (Å²) >= 11 is 0. The fourth-order valence-corrected chi connectivity index (χ4v) is 2.23. The molecule has 1 amide bonds. The Morgan fingerprint density at radius 1 is 1.04 bits per heavy atom. The van der Waals surface area contributed by atoms with Crippen LogP contribution in [-0.4, -0.2) is 10.9 Å². The summed E-state index contributed by atoms with van der Waals surface area (Å²) in [4.78, 5) is 16.4. The van der Waals surface area contributed by atoms with Crippen LogP contribution in [0.15, 0.2) is 66.9 Å². The second-order valence-corrected chi connectivity index (χ2v) is 5.36. The van der Waals surface area contributed by atoms with Crippen molar-refractivity contribution in [2.45, 2.75) is 6.92 Å². The van der Waals surface area contributed by atoms with Crippen LogP contribution in [0, 0.1) is 12.7 Å². The molecule has 5 heteroatoms. The molecule has 4 nitrogen and oxygen atoms in total. The van der Waals surface area contributed by atoms with Gasteiger partial charge in [0.1, 0.15) is 11.6 Å². The number of pyridine rings is 1. The first-order chi connectivity index (χ1) is 11.6. The average Bonchev–Trinajstić information content (AvgIpc) is 2.58. The van der Waals surface area contributed by atoms with Gasteiger partial charge in [0, 0.05) is 5.56 Å². The third-order valence-electron chi connectivity index (χ3n) is 3.44. The van der Waals surface area contributed by atoms with Gasteiger partial charge in [-0.25, -0.2) is 9.37 Å². The number of carbonyl (C=O) groups is 1. The molecule has 0 unspecified atom stereocenters. The molecule has 2 N–H and O–H groups in total. The molecule has 3 rings (SSSR count). The van der Waals surface area contributed by atoms with Crippen molar-refractivity contribution >= 4 is 23.1 Å². The number of nitrogens with zero attached hydrogens (tertiary/aromatic N) is 1. The summed E-state index contributed by atoms with van der Waals surface area (Å²) in [5.74, 6) is -0.0555. The van der Waals surface area contributed by atoms with E-state index < -0.39 is 0 Å². The van der Waals surface area contributed by atoms with Crippen molar-refractivity contribution in [3.05, 3.63) is 83.8 Å². The lowest BCUT2D eigenvalue weighted by atomic mass is 10.1. The molecule has 0 bridgehead atoms. The summed E-state index contributed by atoms with van der Waals surface area (Å²) in [5, 5.41) is 5.68. The summed E-state index contributed by atoms with van der Waals surface area (Å²) in [7, 11) is 0. The summed E-state index contributed by atoms with van der Waals surface area (Å²) in [6.07, 6.45) is 1.52. The zero-order valence-electron chi connectivity index (χ0n) is 13.1. The monoisotopic (exact) mass is 321 g/mol. The molecule has 0 saturated carbocycles. The number of nitrogens with one attached hydrogen (secondary N) is 2. The van der Waals surface area contributed by atoms with E-state index in [1.54, 1.807) is 36.4 Å². The Labute approximate surface area is 139 Å². The molecule has 3 aromatic rings. The van der Waals surface area contributed by atoms with Gasteiger partial charge in [-0.2, -0.15) is 0 Å². The minimum Gasteiger partial charge on any atom is -0.338 e. The second kappa shape index (κ2) is 6.91. The van der Waals surface area contributed by atoms with Crippen LogP contribution in [-0.2, 0) is 0 Å². The van der Waals surface area contributed by atoms with E-state index in [2.05, 4.69) is 15.6 Å². The normalized spacial score (nSPS) is 10.2. The lowest BCUT2D eigenvalue weighted by molar-refractivity contribution is 0.102. The summed E-state index contributed by atoms with van der Waals surface area (Å²) in [5.41, 5.74) is 2.52. The number of aryl methyl sites for hydroxylation is 1. The van der Waals surface area contributed by atoms with Gasteiger partial charge in [0.15, 0.2) is 0 Å². The summed E-state index contributed by atoms with van der Waals surface area (Å²) in [6, 6.07) is 17.1. The molecule has 120 valence electrons. The number of hydrogen-bond acceptors (Lipinski definition) is 3. The topological polar surface area (TPSA) is 54.0 Å². The number of benzene rings is 2. The molecular weight excluding hydrogens is 305 g/mol. The van der Waals surface area contributed by atoms with Crippen LogP contribution in [0.2, 0.25) is 0 Å². The molecule has 0 aliphatic rings. The van der Waals surface area contributed by atoms with Gasteiger partial charge in [-0.05, 0) is 43.3 Å². The highest BCUT2D eigenvalue weighted by atomic mass is 19.1. The highest BCUT2D eigenvalue weighted by molar-refractivity contribution is 6.04. The number of rotatable bonds is 4. The first kappa shape index (κ1) is 15.7. The maximum absolute atomic E-state index is 13.6. The van der Waals surface area contributed by atoms with Crippen LogP contribution < -0.4 is 10.6 Å². The fourth-order valence-electron chi connectivity index (χ4n) is 2.23. The molecule has 2 aromatic carbocycles. The lowest BCUT2D eigenvalue weighted by Gasteiger charge is -2.08. The number of aromatic nitrogens is 1. The number of carbonyl (C=O) groups excluding carboxylic acids is 1. The Bertz CT molecular complexity index is 862. The SMILES string of the molecule is Cc1cccc(C(=O)Nc2ccc(Nc3ccccc3F)nc2)c1. The van der Waals surface area contributed by atoms with Crippen molar-refractivity contribution in [3.63, 3.8) is 0 Å². The van der Waals surface area contributed by atoms with E-state index in [4.69, 9.17) is 0 Å². The molecule has 0 radical (unpaired) electrons. The van der Waals surface area contributed by atoms with Gasteiger partial charge in [-0.15, -0.1) is 0 Å². The molecule has 0 aliphatic carbocycles. The fraction of sp³-hybridized carbons (Fsp3) is 0.0526. The Kier molecular flexibility index (Phi) is 4.52. The molecular formula is C19H16FN3O. The van der Waals surface area contributed by atoms with E-state index in [-0.39, 0.29) is 11.7 Å². The van der Waals surface area contributed by atoms with E-state index >= 15 is 0 Å². The smallest absolute Gasteiger partial charge is 0.255 e. The van der Waals surface area contributed by atoms with Crippen LogP contribution >= 0.6 is 0 Å². The van der Waals surface area contributed by atoms with E-state index in [9.17, 15) is 9.18 Å². The van der Waals surface area contributed by atoms with E-state index in [1.807, 2.05) is 25.1 Å². The molecule has 1 heterocycles. The maximum atomic E-state index is 13.6. The Hall–Kier alpha value is -3.21. The Morgan fingerprint density at radius 2 is 1.88 bits per heavy atom. The van der Waals surface area contributed by atoms with Crippen molar-refractivity contribution < 1.29 is 9.18 Å². The van der Waals surface area contributed by atoms with E-state index in [1.165, 1.54) is 12.3 Å². The average molecular weight is 321 g/mol. The number of amides is 1. The molecule has 0 fully saturated rings. The van der Waals surface area contributed by atoms with Gasteiger partial charge in [0.05, 0.1) is 17.6 Å². The molecule has 0 aliphatic heterocycles. The summed E-state index contributed by atoms with van der Waals surface area (Å²) in [6.45, 7) is 1.93. The third kappa shape index (κ3) is 3.76. The van der Waals surface area contributed by atoms with Crippen molar-refractivity contribution in [1.29, 1.82) is 0 Å². The van der Waals surface area contributed by atoms with Gasteiger partial charge in [-0.3, -0.25) is 4.79 Å². The molecule has 0 spiro atoms. The first-order valence-corrected chi connectivity index (χ1v) is 7.47. The largest absolute Gasteiger partial charge is 0.338 e. The van der Waals surface area contributed by atoms with Crippen molar-refractivity contribution in [2.75, 3.05) is 10.6 Å². The summed E-state index contributed by atoms with van der Waals surface area (Å²) < 4.78 is 13.6. The van der Waals surface area contributed by atoms with E-state index in [0.717, 1.165) is 5.56 Å². The molecule has 0 atom stereocenters. The quantitative estimate of drug-likeness (QED) is 0.742. The van der Waals surface area contributed by atoms with Crippen molar-refractivity contribution in [3.8, 4) is 0 Å². The number of halogens is 1. The minimum atomic E-state index is -0.351. The maximum Gasteiger partial charge on any atom is 0.255 e. The third-order valence-corrected chi connectivity index (χ3v) is 3.44. The van der Waals surface area contributed by atoms with Crippen molar-refractivity contribution in [2.24, 2.45) is 0 Å². The molecule has 0 saturated heterocycles. The zero-order valence-corrected chi connectivity index (χ0v) is 13.1. The Morgan fingerprint density at radius 3 is 2.58 bits per heavy atom. The number of hydrogen-bond donors (Lipinski definition) is 2. The highest BCUT2D eigenvalue weighted by Gasteiger charge is 2.07. The molecule has 24 heavy (non-hydrogen) atoms. The van der Waals surface area contributed by atoms with Gasteiger partial charge in [0.25, 0.3) is 5.91 Å². The van der Waals surface area contributed by atoms with Crippen LogP contribution in [0.25, 0.3) is 0 Å².